The topological polar surface area (TPSA) is 38.3 Å². The smallest absolute Gasteiger partial charge is 0.220 e. The molecule has 1 N–H and O–H groups in total. The summed E-state index contributed by atoms with van der Waals surface area (Å²) in [5, 5.41) is 5.22. The lowest BCUT2D eigenvalue weighted by atomic mass is 10.1. The molecule has 0 atom stereocenters. The molecule has 0 bridgehead atoms. The number of rotatable bonds is 5. The molecular formula is C16H19NO2. The number of nitrogens with one attached hydrogen (secondary N) is 1. The summed E-state index contributed by atoms with van der Waals surface area (Å²) in [7, 11) is 1.67. The fourth-order valence-electron chi connectivity index (χ4n) is 2.03. The molecule has 3 nitrogen and oxygen atoms in total. The Morgan fingerprint density at radius 1 is 1.16 bits per heavy atom. The third-order valence-corrected chi connectivity index (χ3v) is 3.08. The van der Waals surface area contributed by atoms with Crippen molar-refractivity contribution >= 4 is 16.7 Å². The molecule has 0 unspecified atom stereocenters. The van der Waals surface area contributed by atoms with E-state index in [0.29, 0.717) is 13.0 Å². The molecule has 0 saturated carbocycles. The third-order valence-electron chi connectivity index (χ3n) is 3.08. The minimum Gasteiger partial charge on any atom is -0.497 e. The number of amides is 1. The molecule has 2 aromatic rings. The Kier molecular flexibility index (Phi) is 4.39. The molecule has 2 aromatic carbocycles. The Morgan fingerprint density at radius 2 is 1.89 bits per heavy atom. The van der Waals surface area contributed by atoms with Crippen LogP contribution in [0, 0.1) is 0 Å². The van der Waals surface area contributed by atoms with Gasteiger partial charge < -0.3 is 10.1 Å². The molecule has 0 aliphatic carbocycles. The van der Waals surface area contributed by atoms with Gasteiger partial charge in [-0.1, -0.05) is 25.1 Å². The second-order valence-corrected chi connectivity index (χ2v) is 4.57. The maximum atomic E-state index is 11.4. The van der Waals surface area contributed by atoms with E-state index in [9.17, 15) is 4.79 Å². The van der Waals surface area contributed by atoms with Crippen LogP contribution in [0.3, 0.4) is 0 Å². The van der Waals surface area contributed by atoms with Crippen molar-refractivity contribution in [3.8, 4) is 5.75 Å². The van der Waals surface area contributed by atoms with Crippen LogP contribution < -0.4 is 10.1 Å². The lowest BCUT2D eigenvalue weighted by Crippen LogP contribution is -2.21. The van der Waals surface area contributed by atoms with Gasteiger partial charge in [0.2, 0.25) is 5.91 Å². The summed E-state index contributed by atoms with van der Waals surface area (Å²) in [6.45, 7) is 2.59. The zero-order valence-corrected chi connectivity index (χ0v) is 11.4. The summed E-state index contributed by atoms with van der Waals surface area (Å²) in [4.78, 5) is 11.4. The standard InChI is InChI=1S/C16H19NO2/c1-3-4-16(18)17-11-12-5-6-14-10-15(19-2)8-7-13(14)9-12/h5-10H,3-4,11H2,1-2H3,(H,17,18). The van der Waals surface area contributed by atoms with Crippen LogP contribution in [-0.2, 0) is 11.3 Å². The number of carbonyl (C=O) groups is 1. The minimum atomic E-state index is 0.109. The molecule has 100 valence electrons. The normalized spacial score (nSPS) is 10.4. The molecule has 0 aliphatic heterocycles. The van der Waals surface area contributed by atoms with Gasteiger partial charge in [-0.05, 0) is 41.0 Å². The third kappa shape index (κ3) is 3.47. The Balaban J connectivity index is 2.11. The van der Waals surface area contributed by atoms with E-state index in [4.69, 9.17) is 4.74 Å². The van der Waals surface area contributed by atoms with Crippen LogP contribution in [0.5, 0.6) is 5.75 Å². The van der Waals surface area contributed by atoms with E-state index in [2.05, 4.69) is 17.4 Å². The van der Waals surface area contributed by atoms with E-state index in [1.807, 2.05) is 31.2 Å². The second kappa shape index (κ2) is 6.23. The highest BCUT2D eigenvalue weighted by molar-refractivity contribution is 5.84. The largest absolute Gasteiger partial charge is 0.497 e. The van der Waals surface area contributed by atoms with E-state index in [1.165, 1.54) is 0 Å². The monoisotopic (exact) mass is 257 g/mol. The van der Waals surface area contributed by atoms with E-state index >= 15 is 0 Å². The van der Waals surface area contributed by atoms with Crippen molar-refractivity contribution in [3.63, 3.8) is 0 Å². The molecule has 0 spiro atoms. The molecule has 0 radical (unpaired) electrons. The van der Waals surface area contributed by atoms with Crippen molar-refractivity contribution in [1.82, 2.24) is 5.32 Å². The number of fused-ring (bicyclic) bond motifs is 1. The van der Waals surface area contributed by atoms with Crippen molar-refractivity contribution in [1.29, 1.82) is 0 Å². The maximum absolute atomic E-state index is 11.4. The van der Waals surface area contributed by atoms with Gasteiger partial charge in [-0.15, -0.1) is 0 Å². The van der Waals surface area contributed by atoms with Crippen LogP contribution in [0.15, 0.2) is 36.4 Å². The van der Waals surface area contributed by atoms with Crippen LogP contribution in [-0.4, -0.2) is 13.0 Å². The zero-order chi connectivity index (χ0) is 13.7. The van der Waals surface area contributed by atoms with E-state index in [1.54, 1.807) is 7.11 Å². The van der Waals surface area contributed by atoms with Gasteiger partial charge in [-0.25, -0.2) is 0 Å². The molecule has 0 aliphatic rings. The van der Waals surface area contributed by atoms with Crippen molar-refractivity contribution in [2.45, 2.75) is 26.3 Å². The first kappa shape index (κ1) is 13.4. The summed E-state index contributed by atoms with van der Waals surface area (Å²) in [5.74, 6) is 0.967. The molecule has 1 amide bonds. The average molecular weight is 257 g/mol. The summed E-state index contributed by atoms with van der Waals surface area (Å²) in [6.07, 6.45) is 1.47. The number of methoxy groups -OCH3 is 1. The number of carbonyl (C=O) groups excluding carboxylic acids is 1. The van der Waals surface area contributed by atoms with Gasteiger partial charge in [0.25, 0.3) is 0 Å². The second-order valence-electron chi connectivity index (χ2n) is 4.57. The molecule has 3 heteroatoms. The van der Waals surface area contributed by atoms with Gasteiger partial charge in [0, 0.05) is 13.0 Å². The summed E-state index contributed by atoms with van der Waals surface area (Å²) in [6, 6.07) is 12.2. The highest BCUT2D eigenvalue weighted by atomic mass is 16.5. The van der Waals surface area contributed by atoms with Crippen LogP contribution >= 0.6 is 0 Å². The maximum Gasteiger partial charge on any atom is 0.220 e. The SMILES string of the molecule is CCCC(=O)NCc1ccc2cc(OC)ccc2c1. The Hall–Kier alpha value is -2.03. The fourth-order valence-corrected chi connectivity index (χ4v) is 2.03. The number of hydrogen-bond donors (Lipinski definition) is 1. The Bertz CT molecular complexity index is 578. The van der Waals surface area contributed by atoms with Crippen molar-refractivity contribution in [2.75, 3.05) is 7.11 Å². The van der Waals surface area contributed by atoms with Crippen molar-refractivity contribution in [2.24, 2.45) is 0 Å². The van der Waals surface area contributed by atoms with E-state index in [-0.39, 0.29) is 5.91 Å². The summed E-state index contributed by atoms with van der Waals surface area (Å²) in [5.41, 5.74) is 1.11. The van der Waals surface area contributed by atoms with Crippen LogP contribution in [0.25, 0.3) is 10.8 Å². The average Bonchev–Trinajstić information content (AvgIpc) is 2.44. The molecule has 0 heterocycles. The fraction of sp³-hybridized carbons (Fsp3) is 0.312. The Morgan fingerprint density at radius 3 is 2.63 bits per heavy atom. The zero-order valence-electron chi connectivity index (χ0n) is 11.4. The van der Waals surface area contributed by atoms with Crippen molar-refractivity contribution in [3.05, 3.63) is 42.0 Å². The summed E-state index contributed by atoms with van der Waals surface area (Å²) >= 11 is 0. The van der Waals surface area contributed by atoms with E-state index < -0.39 is 0 Å². The van der Waals surface area contributed by atoms with E-state index in [0.717, 1.165) is 28.5 Å². The van der Waals surface area contributed by atoms with Gasteiger partial charge in [0.15, 0.2) is 0 Å². The lowest BCUT2D eigenvalue weighted by Gasteiger charge is -2.07. The number of ether oxygens (including phenoxy) is 1. The predicted octanol–water partition coefficient (Wildman–Crippen LogP) is 3.26. The summed E-state index contributed by atoms with van der Waals surface area (Å²) < 4.78 is 5.20. The number of hydrogen-bond acceptors (Lipinski definition) is 2. The van der Waals surface area contributed by atoms with Gasteiger partial charge in [-0.3, -0.25) is 4.79 Å². The van der Waals surface area contributed by atoms with Crippen LogP contribution in [0.4, 0.5) is 0 Å². The van der Waals surface area contributed by atoms with Gasteiger partial charge >= 0.3 is 0 Å². The highest BCUT2D eigenvalue weighted by Crippen LogP contribution is 2.21. The van der Waals surface area contributed by atoms with Crippen LogP contribution in [0.2, 0.25) is 0 Å². The van der Waals surface area contributed by atoms with Crippen molar-refractivity contribution < 1.29 is 9.53 Å². The number of benzene rings is 2. The van der Waals surface area contributed by atoms with Gasteiger partial charge in [-0.2, -0.15) is 0 Å². The predicted molar refractivity (Wildman–Crippen MR) is 77.3 cm³/mol. The quantitative estimate of drug-likeness (QED) is 0.892. The van der Waals surface area contributed by atoms with Gasteiger partial charge in [0.1, 0.15) is 5.75 Å². The molecule has 0 aromatic heterocycles. The van der Waals surface area contributed by atoms with Crippen LogP contribution in [0.1, 0.15) is 25.3 Å². The highest BCUT2D eigenvalue weighted by Gasteiger charge is 2.01. The lowest BCUT2D eigenvalue weighted by molar-refractivity contribution is -0.121. The molecule has 19 heavy (non-hydrogen) atoms. The van der Waals surface area contributed by atoms with Gasteiger partial charge in [0.05, 0.1) is 7.11 Å². The molecular weight excluding hydrogens is 238 g/mol. The minimum absolute atomic E-state index is 0.109. The first-order chi connectivity index (χ1) is 9.22. The first-order valence-electron chi connectivity index (χ1n) is 6.56. The molecule has 0 fully saturated rings. The Labute approximate surface area is 113 Å². The first-order valence-corrected chi connectivity index (χ1v) is 6.56. The molecule has 0 saturated heterocycles. The molecule has 2 rings (SSSR count).